The third-order valence-electron chi connectivity index (χ3n) is 5.92. The van der Waals surface area contributed by atoms with E-state index in [2.05, 4.69) is 71.3 Å². The topological polar surface area (TPSA) is 31.0 Å². The van der Waals surface area contributed by atoms with Crippen molar-refractivity contribution in [1.82, 2.24) is 9.55 Å². The van der Waals surface area contributed by atoms with Gasteiger partial charge in [-0.15, -0.1) is 0 Å². The molecule has 0 fully saturated rings. The van der Waals surface area contributed by atoms with Gasteiger partial charge >= 0.3 is 0 Å². The van der Waals surface area contributed by atoms with Crippen LogP contribution in [0.2, 0.25) is 0 Å². The zero-order chi connectivity index (χ0) is 19.7. The summed E-state index contributed by atoms with van der Waals surface area (Å²) in [6.07, 6.45) is 0. The van der Waals surface area contributed by atoms with Crippen molar-refractivity contribution < 1.29 is 4.42 Å². The fourth-order valence-corrected chi connectivity index (χ4v) is 5.48. The summed E-state index contributed by atoms with van der Waals surface area (Å²) in [5.41, 5.74) is 9.10. The second-order valence-electron chi connectivity index (χ2n) is 7.66. The van der Waals surface area contributed by atoms with E-state index in [0.717, 1.165) is 38.4 Å². The van der Waals surface area contributed by atoms with Gasteiger partial charge in [0.15, 0.2) is 5.16 Å². The Balaban J connectivity index is 1.40. The van der Waals surface area contributed by atoms with Gasteiger partial charge in [0.25, 0.3) is 0 Å². The van der Waals surface area contributed by atoms with Crippen LogP contribution in [-0.2, 0) is 5.75 Å². The molecule has 0 saturated carbocycles. The second-order valence-corrected chi connectivity index (χ2v) is 8.60. The van der Waals surface area contributed by atoms with Gasteiger partial charge in [0.1, 0.15) is 11.2 Å². The maximum Gasteiger partial charge on any atom is 0.174 e. The van der Waals surface area contributed by atoms with Crippen molar-refractivity contribution in [2.45, 2.75) is 10.9 Å². The van der Waals surface area contributed by atoms with Crippen LogP contribution in [0.4, 0.5) is 0 Å². The van der Waals surface area contributed by atoms with Crippen molar-refractivity contribution in [3.05, 3.63) is 90.5 Å². The molecule has 0 radical (unpaired) electrons. The first-order valence-electron chi connectivity index (χ1n) is 10.0. The lowest BCUT2D eigenvalue weighted by Crippen LogP contribution is -2.05. The number of hydrogen-bond donors (Lipinski definition) is 0. The minimum atomic E-state index is 0.933. The zero-order valence-corrected chi connectivity index (χ0v) is 16.8. The standard InChI is InChI=1S/C26H16N2OS/c1-4-8-24-19(5-1)20-14-17(10-12-25(20)29-24)16-9-11-22-18(13-16)15-30-26-27-21-6-2-3-7-23(21)28(22)26/h1-14H,15H2. The highest BCUT2D eigenvalue weighted by Crippen LogP contribution is 2.39. The van der Waals surface area contributed by atoms with Crippen LogP contribution in [0.1, 0.15) is 5.56 Å². The summed E-state index contributed by atoms with van der Waals surface area (Å²) >= 11 is 1.80. The minimum absolute atomic E-state index is 0.933. The van der Waals surface area contributed by atoms with Crippen LogP contribution in [0.25, 0.3) is 49.8 Å². The Kier molecular flexibility index (Phi) is 3.26. The van der Waals surface area contributed by atoms with E-state index in [4.69, 9.17) is 9.40 Å². The molecule has 4 heteroatoms. The molecular weight excluding hydrogens is 388 g/mol. The Labute approximate surface area is 177 Å². The second kappa shape index (κ2) is 6.00. The average Bonchev–Trinajstić information content (AvgIpc) is 3.36. The van der Waals surface area contributed by atoms with Crippen LogP contribution >= 0.6 is 11.8 Å². The van der Waals surface area contributed by atoms with E-state index in [0.29, 0.717) is 0 Å². The van der Waals surface area contributed by atoms with Gasteiger partial charge < -0.3 is 4.42 Å². The molecule has 0 N–H and O–H groups in total. The third-order valence-corrected chi connectivity index (χ3v) is 6.90. The molecule has 0 spiro atoms. The molecular formula is C26H16N2OS. The first-order valence-corrected chi connectivity index (χ1v) is 11.0. The summed E-state index contributed by atoms with van der Waals surface area (Å²) < 4.78 is 8.28. The highest BCUT2D eigenvalue weighted by Gasteiger charge is 2.21. The zero-order valence-electron chi connectivity index (χ0n) is 16.0. The summed E-state index contributed by atoms with van der Waals surface area (Å²) in [5, 5.41) is 3.40. The van der Waals surface area contributed by atoms with E-state index < -0.39 is 0 Å². The van der Waals surface area contributed by atoms with Crippen LogP contribution in [0.3, 0.4) is 0 Å². The van der Waals surface area contributed by atoms with E-state index in [-0.39, 0.29) is 0 Å². The van der Waals surface area contributed by atoms with E-state index in [9.17, 15) is 0 Å². The molecule has 3 nitrogen and oxygen atoms in total. The molecule has 30 heavy (non-hydrogen) atoms. The lowest BCUT2D eigenvalue weighted by atomic mass is 10.00. The highest BCUT2D eigenvalue weighted by molar-refractivity contribution is 7.98. The molecule has 7 rings (SSSR count). The van der Waals surface area contributed by atoms with Gasteiger partial charge in [-0.25, -0.2) is 4.98 Å². The Hall–Kier alpha value is -3.50. The van der Waals surface area contributed by atoms with Crippen LogP contribution in [0.5, 0.6) is 0 Å². The molecule has 1 aliphatic rings. The minimum Gasteiger partial charge on any atom is -0.456 e. The smallest absolute Gasteiger partial charge is 0.174 e. The number of rotatable bonds is 1. The third kappa shape index (κ3) is 2.25. The van der Waals surface area contributed by atoms with E-state index in [1.165, 1.54) is 27.9 Å². The van der Waals surface area contributed by atoms with Gasteiger partial charge in [-0.3, -0.25) is 4.57 Å². The predicted molar refractivity (Wildman–Crippen MR) is 123 cm³/mol. The van der Waals surface area contributed by atoms with Gasteiger partial charge in [0, 0.05) is 16.5 Å². The van der Waals surface area contributed by atoms with E-state index >= 15 is 0 Å². The van der Waals surface area contributed by atoms with Crippen LogP contribution in [-0.4, -0.2) is 9.55 Å². The molecule has 2 aromatic heterocycles. The Morgan fingerprint density at radius 1 is 0.767 bits per heavy atom. The summed E-state index contributed by atoms with van der Waals surface area (Å²) in [7, 11) is 0. The number of aromatic nitrogens is 2. The number of hydrogen-bond acceptors (Lipinski definition) is 3. The van der Waals surface area contributed by atoms with Crippen molar-refractivity contribution in [2.24, 2.45) is 0 Å². The van der Waals surface area contributed by atoms with Crippen molar-refractivity contribution in [3.8, 4) is 16.8 Å². The van der Waals surface area contributed by atoms with Crippen molar-refractivity contribution in [1.29, 1.82) is 0 Å². The molecule has 0 bridgehead atoms. The number of nitrogens with zero attached hydrogens (tertiary/aromatic N) is 2. The first kappa shape index (κ1) is 16.3. The highest BCUT2D eigenvalue weighted by atomic mass is 32.2. The van der Waals surface area contributed by atoms with Gasteiger partial charge in [0.2, 0.25) is 0 Å². The van der Waals surface area contributed by atoms with E-state index in [1.54, 1.807) is 11.8 Å². The number of furan rings is 1. The monoisotopic (exact) mass is 404 g/mol. The fourth-order valence-electron chi connectivity index (χ4n) is 4.48. The summed E-state index contributed by atoms with van der Waals surface area (Å²) in [6, 6.07) is 29.8. The number of fused-ring (bicyclic) bond motifs is 8. The molecule has 6 aromatic rings. The summed E-state index contributed by atoms with van der Waals surface area (Å²) in [4.78, 5) is 4.81. The van der Waals surface area contributed by atoms with Crippen molar-refractivity contribution in [2.75, 3.05) is 0 Å². The molecule has 3 heterocycles. The molecule has 0 atom stereocenters. The Morgan fingerprint density at radius 2 is 1.57 bits per heavy atom. The molecule has 4 aromatic carbocycles. The van der Waals surface area contributed by atoms with Gasteiger partial charge in [-0.2, -0.15) is 0 Å². The normalized spacial score (nSPS) is 13.1. The van der Waals surface area contributed by atoms with Gasteiger partial charge in [-0.05, 0) is 59.2 Å². The largest absolute Gasteiger partial charge is 0.456 e. The molecule has 0 saturated heterocycles. The number of thioether (sulfide) groups is 1. The lowest BCUT2D eigenvalue weighted by molar-refractivity contribution is 0.669. The average molecular weight is 404 g/mol. The van der Waals surface area contributed by atoms with Gasteiger partial charge in [0.05, 0.1) is 16.7 Å². The van der Waals surface area contributed by atoms with Crippen LogP contribution in [0, 0.1) is 0 Å². The summed E-state index contributed by atoms with van der Waals surface area (Å²) in [5.74, 6) is 0.934. The maximum atomic E-state index is 5.99. The van der Waals surface area contributed by atoms with Gasteiger partial charge in [-0.1, -0.05) is 54.2 Å². The molecule has 0 unspecified atom stereocenters. The molecule has 0 amide bonds. The fraction of sp³-hybridized carbons (Fsp3) is 0.0385. The number of imidazole rings is 1. The Morgan fingerprint density at radius 3 is 2.57 bits per heavy atom. The first-order chi connectivity index (χ1) is 14.8. The summed E-state index contributed by atoms with van der Waals surface area (Å²) in [6.45, 7) is 0. The molecule has 0 aliphatic carbocycles. The lowest BCUT2D eigenvalue weighted by Gasteiger charge is -2.19. The quantitative estimate of drug-likeness (QED) is 0.290. The van der Waals surface area contributed by atoms with E-state index in [1.807, 2.05) is 18.2 Å². The SMILES string of the molecule is c1ccc2c(c1)nc1n2-c2ccc(-c3ccc4oc5ccccc5c4c3)cc2CS1. The van der Waals surface area contributed by atoms with Crippen molar-refractivity contribution in [3.63, 3.8) is 0 Å². The predicted octanol–water partition coefficient (Wildman–Crippen LogP) is 7.20. The Bertz CT molecular complexity index is 1610. The van der Waals surface area contributed by atoms with Crippen LogP contribution < -0.4 is 0 Å². The number of para-hydroxylation sites is 3. The van der Waals surface area contributed by atoms with Crippen molar-refractivity contribution >= 4 is 44.7 Å². The maximum absolute atomic E-state index is 5.99. The molecule has 1 aliphatic heterocycles. The molecule has 142 valence electrons. The van der Waals surface area contributed by atoms with Crippen LogP contribution in [0.15, 0.2) is 94.5 Å². The number of benzene rings is 4.